The van der Waals surface area contributed by atoms with E-state index in [4.69, 9.17) is 9.47 Å². The molecule has 6 rings (SSSR count). The van der Waals surface area contributed by atoms with Crippen LogP contribution >= 0.6 is 0 Å². The predicted molar refractivity (Wildman–Crippen MR) is 107 cm³/mol. The Morgan fingerprint density at radius 3 is 3.03 bits per heavy atom. The second-order valence-electron chi connectivity index (χ2n) is 7.50. The third-order valence-corrected chi connectivity index (χ3v) is 5.66. The van der Waals surface area contributed by atoms with Gasteiger partial charge in [0.2, 0.25) is 5.95 Å². The molecule has 0 aliphatic carbocycles. The Kier molecular flexibility index (Phi) is 3.76. The maximum Gasteiger partial charge on any atom is 0.359 e. The molecule has 1 N–H and O–H groups in total. The van der Waals surface area contributed by atoms with Crippen molar-refractivity contribution in [1.82, 2.24) is 24.1 Å². The Bertz CT molecular complexity index is 1380. The number of carbonyl (C=O) groups is 1. The van der Waals surface area contributed by atoms with Gasteiger partial charge in [-0.3, -0.25) is 9.08 Å². The minimum absolute atomic E-state index is 0.0634. The zero-order chi connectivity index (χ0) is 21.1. The molecule has 0 saturated carbocycles. The van der Waals surface area contributed by atoms with Gasteiger partial charge in [0.15, 0.2) is 5.69 Å². The van der Waals surface area contributed by atoms with Gasteiger partial charge in [0, 0.05) is 54.7 Å². The molecule has 0 bridgehead atoms. The van der Waals surface area contributed by atoms with Crippen LogP contribution < -0.4 is 10.1 Å². The number of carbonyl (C=O) groups excluding carboxylic acids is 1. The van der Waals surface area contributed by atoms with E-state index in [2.05, 4.69) is 20.4 Å². The summed E-state index contributed by atoms with van der Waals surface area (Å²) in [5.41, 5.74) is 4.39. The van der Waals surface area contributed by atoms with Crippen molar-refractivity contribution in [2.45, 2.75) is 19.6 Å². The quantitative estimate of drug-likeness (QED) is 0.509. The lowest BCUT2D eigenvalue weighted by molar-refractivity contribution is 0.0463. The number of benzene rings is 1. The van der Waals surface area contributed by atoms with Crippen molar-refractivity contribution >= 4 is 17.4 Å². The fraction of sp³-hybridized carbons (Fsp3) is 0.238. The Labute approximate surface area is 175 Å². The molecule has 3 aromatic heterocycles. The molecular formula is C21H17FN6O3. The van der Waals surface area contributed by atoms with Gasteiger partial charge >= 0.3 is 5.97 Å². The Balaban J connectivity index is 1.45. The fourth-order valence-corrected chi connectivity index (χ4v) is 4.23. The maximum atomic E-state index is 14.5. The largest absolute Gasteiger partial charge is 0.493 e. The SMILES string of the molecule is Cn1cc2c(n1)COC(=O)c1ncn3c(NCc4c(F)ccc5c4CCO5)ncc-2c13. The van der Waals surface area contributed by atoms with E-state index in [1.54, 1.807) is 28.4 Å². The van der Waals surface area contributed by atoms with Gasteiger partial charge in [-0.2, -0.15) is 5.10 Å². The molecule has 4 aromatic rings. The number of halogens is 1. The molecule has 9 nitrogen and oxygen atoms in total. The van der Waals surface area contributed by atoms with E-state index in [-0.39, 0.29) is 24.7 Å². The molecule has 1 aromatic carbocycles. The highest BCUT2D eigenvalue weighted by atomic mass is 19.1. The number of anilines is 1. The van der Waals surface area contributed by atoms with Crippen LogP contribution in [0.3, 0.4) is 0 Å². The predicted octanol–water partition coefficient (Wildman–Crippen LogP) is 2.49. The standard InChI is InChI=1S/C21H17FN6O3/c1-27-8-14-13-7-24-21(23-6-12-11-4-5-30-17(11)3-2-15(12)22)28-10-25-18(19(13)28)20(29)31-9-16(14)26-27/h2-3,7-8,10H,4-6,9H2,1H3,(H,23,24). The molecular weight excluding hydrogens is 403 g/mol. The van der Waals surface area contributed by atoms with Gasteiger partial charge < -0.3 is 14.8 Å². The number of hydrogen-bond donors (Lipinski definition) is 1. The highest BCUT2D eigenvalue weighted by molar-refractivity contribution is 6.01. The molecule has 0 radical (unpaired) electrons. The highest BCUT2D eigenvalue weighted by Gasteiger charge is 2.27. The van der Waals surface area contributed by atoms with Gasteiger partial charge in [0.05, 0.1) is 12.1 Å². The summed E-state index contributed by atoms with van der Waals surface area (Å²) in [7, 11) is 1.81. The van der Waals surface area contributed by atoms with Crippen LogP contribution in [-0.4, -0.2) is 36.7 Å². The lowest BCUT2D eigenvalue weighted by Gasteiger charge is -2.14. The molecule has 10 heteroatoms. The molecule has 2 aliphatic rings. The molecule has 0 fully saturated rings. The van der Waals surface area contributed by atoms with Gasteiger partial charge in [-0.15, -0.1) is 0 Å². The molecule has 156 valence electrons. The van der Waals surface area contributed by atoms with E-state index in [0.717, 1.165) is 16.7 Å². The first kappa shape index (κ1) is 17.9. The van der Waals surface area contributed by atoms with Crippen LogP contribution in [0.5, 0.6) is 5.75 Å². The number of fused-ring (bicyclic) bond motifs is 3. The number of nitrogens with zero attached hydrogens (tertiary/aromatic N) is 5. The van der Waals surface area contributed by atoms with Crippen LogP contribution in [-0.2, 0) is 31.4 Å². The number of aryl methyl sites for hydroxylation is 1. The molecule has 2 aliphatic heterocycles. The summed E-state index contributed by atoms with van der Waals surface area (Å²) in [6.45, 7) is 0.827. The third-order valence-electron chi connectivity index (χ3n) is 5.66. The monoisotopic (exact) mass is 420 g/mol. The van der Waals surface area contributed by atoms with Crippen molar-refractivity contribution in [3.05, 3.63) is 59.2 Å². The number of esters is 1. The second-order valence-corrected chi connectivity index (χ2v) is 7.50. The van der Waals surface area contributed by atoms with Crippen molar-refractivity contribution in [3.63, 3.8) is 0 Å². The van der Waals surface area contributed by atoms with E-state index >= 15 is 0 Å². The zero-order valence-electron chi connectivity index (χ0n) is 16.6. The molecule has 0 saturated heterocycles. The molecule has 0 amide bonds. The number of ether oxygens (including phenoxy) is 2. The summed E-state index contributed by atoms with van der Waals surface area (Å²) in [5, 5.41) is 7.57. The van der Waals surface area contributed by atoms with Gasteiger partial charge in [-0.25, -0.2) is 19.2 Å². The number of aromatic nitrogens is 5. The van der Waals surface area contributed by atoms with Crippen molar-refractivity contribution in [2.75, 3.05) is 11.9 Å². The van der Waals surface area contributed by atoms with E-state index in [1.807, 2.05) is 6.20 Å². The van der Waals surface area contributed by atoms with Crippen molar-refractivity contribution in [3.8, 4) is 16.9 Å². The van der Waals surface area contributed by atoms with Crippen LogP contribution in [0.15, 0.2) is 30.9 Å². The average molecular weight is 420 g/mol. The average Bonchev–Trinajstić information content (AvgIpc) is 3.48. The minimum Gasteiger partial charge on any atom is -0.493 e. The van der Waals surface area contributed by atoms with E-state index in [0.29, 0.717) is 41.5 Å². The number of hydrogen-bond acceptors (Lipinski definition) is 7. The topological polar surface area (TPSA) is 95.6 Å². The number of cyclic esters (lactones) is 1. The van der Waals surface area contributed by atoms with Crippen molar-refractivity contribution < 1.29 is 18.7 Å². The Morgan fingerprint density at radius 1 is 1.23 bits per heavy atom. The summed E-state index contributed by atoms with van der Waals surface area (Å²) >= 11 is 0. The second kappa shape index (κ2) is 6.53. The first-order valence-corrected chi connectivity index (χ1v) is 9.83. The summed E-state index contributed by atoms with van der Waals surface area (Å²) in [4.78, 5) is 21.4. The van der Waals surface area contributed by atoms with Crippen LogP contribution in [0.4, 0.5) is 10.3 Å². The van der Waals surface area contributed by atoms with Crippen LogP contribution in [0.1, 0.15) is 27.3 Å². The highest BCUT2D eigenvalue weighted by Crippen LogP contribution is 2.34. The smallest absolute Gasteiger partial charge is 0.359 e. The van der Waals surface area contributed by atoms with E-state index in [9.17, 15) is 9.18 Å². The minimum atomic E-state index is -0.527. The number of rotatable bonds is 3. The molecule has 0 unspecified atom stereocenters. The summed E-state index contributed by atoms with van der Waals surface area (Å²) in [5.74, 6) is 0.327. The van der Waals surface area contributed by atoms with Gasteiger partial charge in [0.1, 0.15) is 30.2 Å². The van der Waals surface area contributed by atoms with Crippen LogP contribution in [0.25, 0.3) is 16.6 Å². The first-order chi connectivity index (χ1) is 15.1. The lowest BCUT2D eigenvalue weighted by Crippen LogP contribution is -2.12. The molecule has 31 heavy (non-hydrogen) atoms. The lowest BCUT2D eigenvalue weighted by atomic mass is 10.0. The Morgan fingerprint density at radius 2 is 2.13 bits per heavy atom. The summed E-state index contributed by atoms with van der Waals surface area (Å²) in [6, 6.07) is 3.07. The molecule has 0 spiro atoms. The Hall–Kier alpha value is -3.95. The van der Waals surface area contributed by atoms with Gasteiger partial charge in [0.25, 0.3) is 0 Å². The van der Waals surface area contributed by atoms with Crippen LogP contribution in [0.2, 0.25) is 0 Å². The summed E-state index contributed by atoms with van der Waals surface area (Å²) in [6.07, 6.45) is 5.71. The maximum absolute atomic E-state index is 14.5. The van der Waals surface area contributed by atoms with Crippen LogP contribution in [0, 0.1) is 5.82 Å². The molecule has 5 heterocycles. The van der Waals surface area contributed by atoms with Gasteiger partial charge in [-0.05, 0) is 12.1 Å². The normalized spacial score (nSPS) is 14.5. The van der Waals surface area contributed by atoms with Crippen molar-refractivity contribution in [1.29, 1.82) is 0 Å². The fourth-order valence-electron chi connectivity index (χ4n) is 4.23. The zero-order valence-corrected chi connectivity index (χ0v) is 16.6. The molecule has 0 atom stereocenters. The van der Waals surface area contributed by atoms with E-state index < -0.39 is 5.97 Å². The number of nitrogens with one attached hydrogen (secondary N) is 1. The van der Waals surface area contributed by atoms with E-state index in [1.165, 1.54) is 12.4 Å². The summed E-state index contributed by atoms with van der Waals surface area (Å²) < 4.78 is 28.8. The third kappa shape index (κ3) is 2.68. The first-order valence-electron chi connectivity index (χ1n) is 9.83. The van der Waals surface area contributed by atoms with Gasteiger partial charge in [-0.1, -0.05) is 0 Å². The number of imidazole rings is 1. The van der Waals surface area contributed by atoms with Crippen molar-refractivity contribution in [2.24, 2.45) is 7.05 Å².